The van der Waals surface area contributed by atoms with Crippen LogP contribution in [0.15, 0.2) is 28.5 Å². The van der Waals surface area contributed by atoms with Crippen molar-refractivity contribution in [1.82, 2.24) is 14.2 Å². The fourth-order valence-electron chi connectivity index (χ4n) is 5.03. The highest BCUT2D eigenvalue weighted by Gasteiger charge is 2.41. The summed E-state index contributed by atoms with van der Waals surface area (Å²) in [6, 6.07) is 6.51. The molecule has 0 aliphatic carbocycles. The van der Waals surface area contributed by atoms with E-state index in [9.17, 15) is 13.2 Å². The predicted octanol–water partition coefficient (Wildman–Crippen LogP) is 4.93. The van der Waals surface area contributed by atoms with Gasteiger partial charge in [0, 0.05) is 32.7 Å². The minimum absolute atomic E-state index is 0.173. The first-order valence-corrected chi connectivity index (χ1v) is 16.5. The Hall–Kier alpha value is -1.60. The van der Waals surface area contributed by atoms with Crippen LogP contribution in [0.2, 0.25) is 4.34 Å². The third-order valence-corrected chi connectivity index (χ3v) is 11.9. The number of rotatable bonds is 8. The second kappa shape index (κ2) is 11.9. The number of carbonyl (C=O) groups excluding carboxylic acids is 1. The Labute approximate surface area is 237 Å². The van der Waals surface area contributed by atoms with Gasteiger partial charge in [-0.05, 0) is 68.5 Å². The van der Waals surface area contributed by atoms with Gasteiger partial charge in [0.15, 0.2) is 5.13 Å². The van der Waals surface area contributed by atoms with Gasteiger partial charge in [0.2, 0.25) is 5.91 Å². The van der Waals surface area contributed by atoms with Crippen LogP contribution in [-0.4, -0.2) is 80.5 Å². The number of anilines is 1. The van der Waals surface area contributed by atoms with Crippen LogP contribution in [0.1, 0.15) is 36.8 Å². The normalized spacial score (nSPS) is 19.7. The number of sulfonamides is 1. The van der Waals surface area contributed by atoms with Crippen molar-refractivity contribution in [2.24, 2.45) is 0 Å². The summed E-state index contributed by atoms with van der Waals surface area (Å²) in [6.45, 7) is 8.97. The van der Waals surface area contributed by atoms with E-state index in [-0.39, 0.29) is 10.1 Å². The molecule has 2 aliphatic rings. The lowest BCUT2D eigenvalue weighted by Crippen LogP contribution is -2.53. The molecule has 38 heavy (non-hydrogen) atoms. The molecule has 12 heteroatoms. The number of thiazole rings is 1. The summed E-state index contributed by atoms with van der Waals surface area (Å²) in [5, 5.41) is 0.624. The molecule has 8 nitrogen and oxygen atoms in total. The second-order valence-corrected chi connectivity index (χ2v) is 14.7. The third-order valence-electron chi connectivity index (χ3n) is 7.30. The van der Waals surface area contributed by atoms with Crippen molar-refractivity contribution in [3.05, 3.63) is 39.7 Å². The molecule has 0 saturated carbocycles. The SMILES string of the molecule is Cc1cc2nc(N(CCCN3CCOCC3)C(=O)C3CCCCN3S(=O)(=O)c3ccc(Cl)s3)sc2cc1C. The molecule has 206 valence electrons. The number of aromatic nitrogens is 1. The van der Waals surface area contributed by atoms with Gasteiger partial charge in [-0.15, -0.1) is 11.3 Å². The number of morpholine rings is 1. The van der Waals surface area contributed by atoms with Crippen LogP contribution < -0.4 is 4.90 Å². The van der Waals surface area contributed by atoms with Gasteiger partial charge in [0.05, 0.1) is 27.8 Å². The maximum absolute atomic E-state index is 14.2. The minimum Gasteiger partial charge on any atom is -0.379 e. The first kappa shape index (κ1) is 27.9. The van der Waals surface area contributed by atoms with Crippen molar-refractivity contribution in [3.8, 4) is 0 Å². The Bertz CT molecular complexity index is 1360. The lowest BCUT2D eigenvalue weighted by atomic mass is 10.0. The Morgan fingerprint density at radius 1 is 1.13 bits per heavy atom. The average Bonchev–Trinajstić information content (AvgIpc) is 3.53. The fourth-order valence-corrected chi connectivity index (χ4v) is 9.37. The Kier molecular flexibility index (Phi) is 8.73. The average molecular weight is 597 g/mol. The highest BCUT2D eigenvalue weighted by Crippen LogP contribution is 2.35. The maximum atomic E-state index is 14.2. The van der Waals surface area contributed by atoms with E-state index in [1.807, 2.05) is 0 Å². The zero-order valence-corrected chi connectivity index (χ0v) is 24.9. The molecule has 2 aromatic heterocycles. The molecular weight excluding hydrogens is 564 g/mol. The second-order valence-electron chi connectivity index (χ2n) is 9.88. The zero-order valence-electron chi connectivity index (χ0n) is 21.7. The lowest BCUT2D eigenvalue weighted by molar-refractivity contribution is -0.123. The number of hydrogen-bond donors (Lipinski definition) is 0. The summed E-state index contributed by atoms with van der Waals surface area (Å²) >= 11 is 8.58. The molecule has 0 bridgehead atoms. The standard InChI is InChI=1S/C26H33ClN4O4S3/c1-18-16-20-22(17-19(18)2)36-26(28-20)30(10-5-9-29-12-14-35-15-13-29)25(32)21-6-3-4-11-31(21)38(33,34)24-8-7-23(27)37-24/h7-8,16-17,21H,3-6,9-15H2,1-2H3. The number of amides is 1. The fraction of sp³-hybridized carbons (Fsp3) is 0.538. The van der Waals surface area contributed by atoms with Crippen molar-refractivity contribution >= 4 is 65.6 Å². The van der Waals surface area contributed by atoms with Crippen LogP contribution in [0.3, 0.4) is 0 Å². The highest BCUT2D eigenvalue weighted by molar-refractivity contribution is 7.91. The third kappa shape index (κ3) is 5.94. The molecule has 0 N–H and O–H groups in total. The van der Waals surface area contributed by atoms with Crippen molar-refractivity contribution in [2.75, 3.05) is 50.8 Å². The number of piperidine rings is 1. The molecular formula is C26H33ClN4O4S3. The Morgan fingerprint density at radius 2 is 1.89 bits per heavy atom. The minimum atomic E-state index is -3.84. The number of hydrogen-bond acceptors (Lipinski definition) is 8. The van der Waals surface area contributed by atoms with E-state index in [1.54, 1.807) is 11.0 Å². The molecule has 2 saturated heterocycles. The number of fused-ring (bicyclic) bond motifs is 1. The van der Waals surface area contributed by atoms with Gasteiger partial charge in [-0.3, -0.25) is 14.6 Å². The maximum Gasteiger partial charge on any atom is 0.253 e. The molecule has 4 heterocycles. The molecule has 3 aromatic rings. The number of carbonyl (C=O) groups is 1. The van der Waals surface area contributed by atoms with Crippen LogP contribution in [0, 0.1) is 13.8 Å². The monoisotopic (exact) mass is 596 g/mol. The molecule has 2 aliphatic heterocycles. The summed E-state index contributed by atoms with van der Waals surface area (Å²) in [5.74, 6) is -0.203. The van der Waals surface area contributed by atoms with E-state index in [4.69, 9.17) is 21.3 Å². The highest BCUT2D eigenvalue weighted by atomic mass is 35.5. The van der Waals surface area contributed by atoms with E-state index in [0.717, 1.165) is 79.2 Å². The van der Waals surface area contributed by atoms with Crippen molar-refractivity contribution in [3.63, 3.8) is 0 Å². The van der Waals surface area contributed by atoms with E-state index in [2.05, 4.69) is 30.9 Å². The van der Waals surface area contributed by atoms with Gasteiger partial charge in [0.25, 0.3) is 10.0 Å². The van der Waals surface area contributed by atoms with Crippen LogP contribution >= 0.6 is 34.3 Å². The van der Waals surface area contributed by atoms with E-state index < -0.39 is 16.1 Å². The topological polar surface area (TPSA) is 83.1 Å². The van der Waals surface area contributed by atoms with Crippen LogP contribution in [-0.2, 0) is 19.6 Å². The first-order chi connectivity index (χ1) is 18.2. The number of nitrogens with zero attached hydrogens (tertiary/aromatic N) is 4. The van der Waals surface area contributed by atoms with Crippen molar-refractivity contribution in [2.45, 2.75) is 49.8 Å². The summed E-state index contributed by atoms with van der Waals surface area (Å²) in [4.78, 5) is 23.1. The molecule has 1 unspecified atom stereocenters. The van der Waals surface area contributed by atoms with Gasteiger partial charge in [-0.25, -0.2) is 13.4 Å². The quantitative estimate of drug-likeness (QED) is 0.367. The van der Waals surface area contributed by atoms with Crippen LogP contribution in [0.25, 0.3) is 10.2 Å². The zero-order chi connectivity index (χ0) is 26.9. The number of halogens is 1. The van der Waals surface area contributed by atoms with Gasteiger partial charge in [0.1, 0.15) is 10.3 Å². The summed E-state index contributed by atoms with van der Waals surface area (Å²) in [5.41, 5.74) is 3.19. The predicted molar refractivity (Wildman–Crippen MR) is 154 cm³/mol. The van der Waals surface area contributed by atoms with Gasteiger partial charge >= 0.3 is 0 Å². The van der Waals surface area contributed by atoms with Gasteiger partial charge in [-0.1, -0.05) is 29.4 Å². The van der Waals surface area contributed by atoms with E-state index >= 15 is 0 Å². The van der Waals surface area contributed by atoms with Crippen LogP contribution in [0.4, 0.5) is 5.13 Å². The number of benzene rings is 1. The molecule has 0 spiro atoms. The molecule has 0 radical (unpaired) electrons. The summed E-state index contributed by atoms with van der Waals surface area (Å²) in [7, 11) is -3.84. The van der Waals surface area contributed by atoms with Crippen molar-refractivity contribution in [1.29, 1.82) is 0 Å². The van der Waals surface area contributed by atoms with Gasteiger partial charge < -0.3 is 4.74 Å². The van der Waals surface area contributed by atoms with E-state index in [0.29, 0.717) is 29.0 Å². The number of ether oxygens (including phenoxy) is 1. The molecule has 2 fully saturated rings. The van der Waals surface area contributed by atoms with Gasteiger partial charge in [-0.2, -0.15) is 4.31 Å². The first-order valence-electron chi connectivity index (χ1n) is 13.0. The Morgan fingerprint density at radius 3 is 2.63 bits per heavy atom. The summed E-state index contributed by atoms with van der Waals surface area (Å²) < 4.78 is 35.6. The Balaban J connectivity index is 1.44. The largest absolute Gasteiger partial charge is 0.379 e. The molecule has 1 amide bonds. The van der Waals surface area contributed by atoms with E-state index in [1.165, 1.54) is 27.3 Å². The number of thiophene rings is 1. The van der Waals surface area contributed by atoms with Crippen LogP contribution in [0.5, 0.6) is 0 Å². The molecule has 5 rings (SSSR count). The smallest absolute Gasteiger partial charge is 0.253 e. The number of aryl methyl sites for hydroxylation is 2. The lowest BCUT2D eigenvalue weighted by Gasteiger charge is -2.36. The molecule has 1 aromatic carbocycles. The summed E-state index contributed by atoms with van der Waals surface area (Å²) in [6.07, 6.45) is 2.77. The molecule has 1 atom stereocenters. The van der Waals surface area contributed by atoms with Crippen molar-refractivity contribution < 1.29 is 17.9 Å².